The topological polar surface area (TPSA) is 58.6 Å². The van der Waals surface area contributed by atoms with Crippen molar-refractivity contribution < 1.29 is 19.0 Å². The first kappa shape index (κ1) is 14.9. The lowest BCUT2D eigenvalue weighted by Gasteiger charge is -2.15. The van der Waals surface area contributed by atoms with Crippen molar-refractivity contribution in [3.8, 4) is 5.75 Å². The summed E-state index contributed by atoms with van der Waals surface area (Å²) >= 11 is 3.16. The molecule has 0 bridgehead atoms. The third-order valence-electron chi connectivity index (χ3n) is 2.20. The number of hydrogen-bond donors (Lipinski definition) is 2. The van der Waals surface area contributed by atoms with E-state index in [1.807, 2.05) is 0 Å². The molecule has 1 amide bonds. The minimum absolute atomic E-state index is 0.0268. The number of amides is 1. The number of aliphatic hydroxyl groups excluding tert-OH is 1. The molecule has 0 radical (unpaired) electrons. The van der Waals surface area contributed by atoms with Gasteiger partial charge in [-0.25, -0.2) is 4.39 Å². The Morgan fingerprint density at radius 2 is 2.33 bits per heavy atom. The maximum Gasteiger partial charge on any atom is 0.260 e. The van der Waals surface area contributed by atoms with Gasteiger partial charge < -0.3 is 15.2 Å². The molecule has 1 unspecified atom stereocenters. The second-order valence-electron chi connectivity index (χ2n) is 3.70. The molecule has 18 heavy (non-hydrogen) atoms. The Kier molecular flexibility index (Phi) is 6.07. The second-order valence-corrected chi connectivity index (χ2v) is 4.56. The molecule has 1 rings (SSSR count). The molecule has 0 aliphatic carbocycles. The minimum atomic E-state index is -0.689. The largest absolute Gasteiger partial charge is 0.480 e. The maximum atomic E-state index is 12.9. The van der Waals surface area contributed by atoms with Crippen LogP contribution < -0.4 is 10.1 Å². The van der Waals surface area contributed by atoms with E-state index >= 15 is 0 Å². The van der Waals surface area contributed by atoms with E-state index in [1.165, 1.54) is 18.2 Å². The van der Waals surface area contributed by atoms with E-state index in [0.29, 0.717) is 23.2 Å². The average molecular weight is 320 g/mol. The van der Waals surface area contributed by atoms with Crippen LogP contribution in [0.1, 0.15) is 13.3 Å². The van der Waals surface area contributed by atoms with Crippen LogP contribution in [0.5, 0.6) is 5.75 Å². The van der Waals surface area contributed by atoms with Gasteiger partial charge in [-0.3, -0.25) is 4.79 Å². The van der Waals surface area contributed by atoms with E-state index < -0.39 is 6.10 Å². The molecule has 0 aliphatic rings. The summed E-state index contributed by atoms with van der Waals surface area (Å²) < 4.78 is 18.7. The van der Waals surface area contributed by atoms with Crippen molar-refractivity contribution in [1.82, 2.24) is 5.32 Å². The normalized spacial score (nSPS) is 12.0. The molecule has 4 nitrogen and oxygen atoms in total. The number of nitrogens with one attached hydrogen (secondary N) is 1. The Morgan fingerprint density at radius 3 is 2.94 bits per heavy atom. The third kappa shape index (κ3) is 4.62. The molecule has 0 aromatic heterocycles. The first-order valence-electron chi connectivity index (χ1n) is 5.55. The van der Waals surface area contributed by atoms with Crippen LogP contribution in [-0.4, -0.2) is 30.3 Å². The minimum Gasteiger partial charge on any atom is -0.480 e. The molecule has 6 heteroatoms. The number of aliphatic hydroxyl groups is 1. The smallest absolute Gasteiger partial charge is 0.260 e. The lowest BCUT2D eigenvalue weighted by atomic mass is 10.3. The first-order valence-corrected chi connectivity index (χ1v) is 6.34. The van der Waals surface area contributed by atoms with Crippen LogP contribution in [-0.2, 0) is 4.79 Å². The number of benzene rings is 1. The summed E-state index contributed by atoms with van der Waals surface area (Å²) in [6.07, 6.45) is -0.191. The Balaban J connectivity index is 2.53. The van der Waals surface area contributed by atoms with Crippen molar-refractivity contribution in [3.63, 3.8) is 0 Å². The predicted molar refractivity (Wildman–Crippen MR) is 68.9 cm³/mol. The molecule has 0 fully saturated rings. The molecule has 0 saturated heterocycles. The maximum absolute atomic E-state index is 12.9. The van der Waals surface area contributed by atoms with Crippen molar-refractivity contribution in [3.05, 3.63) is 28.5 Å². The van der Waals surface area contributed by atoms with Gasteiger partial charge in [-0.05, 0) is 47.5 Å². The van der Waals surface area contributed by atoms with Gasteiger partial charge in [0, 0.05) is 13.2 Å². The van der Waals surface area contributed by atoms with Crippen LogP contribution in [0, 0.1) is 5.82 Å². The highest BCUT2D eigenvalue weighted by molar-refractivity contribution is 9.10. The van der Waals surface area contributed by atoms with Gasteiger partial charge in [0.25, 0.3) is 5.91 Å². The van der Waals surface area contributed by atoms with Crippen molar-refractivity contribution >= 4 is 21.8 Å². The van der Waals surface area contributed by atoms with Crippen molar-refractivity contribution in [1.29, 1.82) is 0 Å². The SMILES string of the molecule is CC(Oc1ccc(F)cc1Br)C(=O)NCCCO. The van der Waals surface area contributed by atoms with Crippen LogP contribution in [0.25, 0.3) is 0 Å². The molecule has 1 atom stereocenters. The first-order chi connectivity index (χ1) is 8.54. The molecule has 0 spiro atoms. The summed E-state index contributed by atoms with van der Waals surface area (Å²) in [5, 5.41) is 11.2. The molecule has 0 saturated carbocycles. The van der Waals surface area contributed by atoms with Gasteiger partial charge in [0.05, 0.1) is 4.47 Å². The van der Waals surface area contributed by atoms with Crippen LogP contribution >= 0.6 is 15.9 Å². The quantitative estimate of drug-likeness (QED) is 0.787. The van der Waals surface area contributed by atoms with Crippen LogP contribution in [0.2, 0.25) is 0 Å². The zero-order valence-corrected chi connectivity index (χ0v) is 11.5. The van der Waals surface area contributed by atoms with Crippen molar-refractivity contribution in [2.24, 2.45) is 0 Å². The molecular weight excluding hydrogens is 305 g/mol. The van der Waals surface area contributed by atoms with Gasteiger partial charge in [-0.1, -0.05) is 0 Å². The fourth-order valence-corrected chi connectivity index (χ4v) is 1.69. The zero-order valence-electron chi connectivity index (χ0n) is 9.95. The van der Waals surface area contributed by atoms with E-state index in [4.69, 9.17) is 9.84 Å². The monoisotopic (exact) mass is 319 g/mol. The van der Waals surface area contributed by atoms with Crippen LogP contribution in [0.4, 0.5) is 4.39 Å². The van der Waals surface area contributed by atoms with E-state index in [9.17, 15) is 9.18 Å². The highest BCUT2D eigenvalue weighted by Crippen LogP contribution is 2.26. The summed E-state index contributed by atoms with van der Waals surface area (Å²) in [5.41, 5.74) is 0. The zero-order chi connectivity index (χ0) is 13.5. The summed E-state index contributed by atoms with van der Waals surface area (Å²) in [6, 6.07) is 3.99. The molecular formula is C12H15BrFNO3. The van der Waals surface area contributed by atoms with Gasteiger partial charge in [0.2, 0.25) is 0 Å². The molecule has 1 aromatic carbocycles. The van der Waals surface area contributed by atoms with E-state index in [-0.39, 0.29) is 18.3 Å². The Hall–Kier alpha value is -1.14. The third-order valence-corrected chi connectivity index (χ3v) is 2.82. The number of carbonyl (C=O) groups is 1. The Labute approximate surface area is 113 Å². The number of ether oxygens (including phenoxy) is 1. The van der Waals surface area contributed by atoms with Crippen molar-refractivity contribution in [2.75, 3.05) is 13.2 Å². The summed E-state index contributed by atoms with van der Waals surface area (Å²) in [4.78, 5) is 11.6. The van der Waals surface area contributed by atoms with Gasteiger partial charge in [0.15, 0.2) is 6.10 Å². The highest BCUT2D eigenvalue weighted by Gasteiger charge is 2.15. The van der Waals surface area contributed by atoms with E-state index in [1.54, 1.807) is 6.92 Å². The summed E-state index contributed by atoms with van der Waals surface area (Å²) in [7, 11) is 0. The molecule has 1 aromatic rings. The van der Waals surface area contributed by atoms with E-state index in [2.05, 4.69) is 21.2 Å². The average Bonchev–Trinajstić information content (AvgIpc) is 2.32. The van der Waals surface area contributed by atoms with Gasteiger partial charge in [-0.2, -0.15) is 0 Å². The molecule has 0 aliphatic heterocycles. The number of hydrogen-bond acceptors (Lipinski definition) is 3. The second kappa shape index (κ2) is 7.33. The van der Waals surface area contributed by atoms with Gasteiger partial charge in [0.1, 0.15) is 11.6 Å². The lowest BCUT2D eigenvalue weighted by molar-refractivity contribution is -0.127. The van der Waals surface area contributed by atoms with Crippen molar-refractivity contribution in [2.45, 2.75) is 19.4 Å². The number of halogens is 2. The predicted octanol–water partition coefficient (Wildman–Crippen LogP) is 1.85. The molecule has 0 heterocycles. The molecule has 2 N–H and O–H groups in total. The lowest BCUT2D eigenvalue weighted by Crippen LogP contribution is -2.37. The van der Waals surface area contributed by atoms with Crippen LogP contribution in [0.15, 0.2) is 22.7 Å². The fourth-order valence-electron chi connectivity index (χ4n) is 1.25. The molecule has 100 valence electrons. The summed E-state index contributed by atoms with van der Waals surface area (Å²) in [6.45, 7) is 2.02. The Bertz CT molecular complexity index is 414. The summed E-state index contributed by atoms with van der Waals surface area (Å²) in [5.74, 6) is -0.254. The Morgan fingerprint density at radius 1 is 1.61 bits per heavy atom. The number of rotatable bonds is 6. The van der Waals surface area contributed by atoms with E-state index in [0.717, 1.165) is 0 Å². The highest BCUT2D eigenvalue weighted by atomic mass is 79.9. The fraction of sp³-hybridized carbons (Fsp3) is 0.417. The number of carbonyl (C=O) groups excluding carboxylic acids is 1. The standard InChI is InChI=1S/C12H15BrFNO3/c1-8(12(17)15-5-2-6-16)18-11-4-3-9(14)7-10(11)13/h3-4,7-8,16H,2,5-6H2,1H3,(H,15,17). The van der Waals surface area contributed by atoms with Gasteiger partial charge in [-0.15, -0.1) is 0 Å². The van der Waals surface area contributed by atoms with Crippen LogP contribution in [0.3, 0.4) is 0 Å². The van der Waals surface area contributed by atoms with Gasteiger partial charge >= 0.3 is 0 Å².